The molecule has 0 aromatic heterocycles. The molecule has 0 unspecified atom stereocenters. The Bertz CT molecular complexity index is 477. The van der Waals surface area contributed by atoms with Crippen LogP contribution in [0.25, 0.3) is 0 Å². The lowest BCUT2D eigenvalue weighted by Crippen LogP contribution is -2.46. The summed E-state index contributed by atoms with van der Waals surface area (Å²) in [5.41, 5.74) is -0.985. The monoisotopic (exact) mass is 350 g/mol. The van der Waals surface area contributed by atoms with Gasteiger partial charge in [0, 0.05) is 12.5 Å². The molecule has 2 fully saturated rings. The minimum Gasteiger partial charge on any atom is -0.455 e. The van der Waals surface area contributed by atoms with Crippen molar-refractivity contribution in [3.05, 3.63) is 0 Å². The van der Waals surface area contributed by atoms with Crippen molar-refractivity contribution in [2.75, 3.05) is 6.61 Å². The molecule has 0 aromatic carbocycles. The van der Waals surface area contributed by atoms with Crippen molar-refractivity contribution in [1.29, 1.82) is 0 Å². The highest BCUT2D eigenvalue weighted by Gasteiger charge is 2.69. The molecule has 2 saturated carbocycles. The molecule has 2 rings (SSSR count). The lowest BCUT2D eigenvalue weighted by Gasteiger charge is -2.22. The SMILES string of the molecule is C[C@]1(C(=O)OCC(=O)NC(=O)NC2CCCCC2)CC1(Cl)Cl. The van der Waals surface area contributed by atoms with Crippen molar-refractivity contribution in [1.82, 2.24) is 10.6 Å². The normalized spacial score (nSPS) is 26.9. The number of esters is 1. The van der Waals surface area contributed by atoms with Gasteiger partial charge in [-0.15, -0.1) is 23.2 Å². The first-order chi connectivity index (χ1) is 10.2. The molecule has 22 heavy (non-hydrogen) atoms. The van der Waals surface area contributed by atoms with Crippen LogP contribution in [0.5, 0.6) is 0 Å². The van der Waals surface area contributed by atoms with E-state index in [1.54, 1.807) is 6.92 Å². The smallest absolute Gasteiger partial charge is 0.321 e. The van der Waals surface area contributed by atoms with E-state index < -0.39 is 34.3 Å². The number of ether oxygens (including phenoxy) is 1. The fourth-order valence-corrected chi connectivity index (χ4v) is 3.23. The van der Waals surface area contributed by atoms with Crippen LogP contribution < -0.4 is 10.6 Å². The molecule has 0 bridgehead atoms. The van der Waals surface area contributed by atoms with Crippen LogP contribution in [0.4, 0.5) is 4.79 Å². The second kappa shape index (κ2) is 6.62. The number of imide groups is 1. The lowest BCUT2D eigenvalue weighted by molar-refractivity contribution is -0.153. The molecular weight excluding hydrogens is 331 g/mol. The van der Waals surface area contributed by atoms with E-state index in [4.69, 9.17) is 27.9 Å². The number of hydrogen-bond donors (Lipinski definition) is 2. The molecule has 0 heterocycles. The molecular formula is C14H20Cl2N2O4. The summed E-state index contributed by atoms with van der Waals surface area (Å²) in [6, 6.07) is -0.461. The second-order valence-electron chi connectivity index (χ2n) is 6.15. The Balaban J connectivity index is 1.67. The van der Waals surface area contributed by atoms with Gasteiger partial charge in [-0.25, -0.2) is 4.79 Å². The zero-order chi connectivity index (χ0) is 16.4. The van der Waals surface area contributed by atoms with Crippen molar-refractivity contribution >= 4 is 41.1 Å². The fourth-order valence-electron chi connectivity index (χ4n) is 2.54. The minimum atomic E-state index is -1.14. The molecule has 2 aliphatic carbocycles. The summed E-state index contributed by atoms with van der Waals surface area (Å²) in [6.07, 6.45) is 5.45. The van der Waals surface area contributed by atoms with Crippen LogP contribution in [0.3, 0.4) is 0 Å². The van der Waals surface area contributed by atoms with Gasteiger partial charge in [0.05, 0.1) is 0 Å². The van der Waals surface area contributed by atoms with Crippen LogP contribution in [-0.4, -0.2) is 34.9 Å². The van der Waals surface area contributed by atoms with Gasteiger partial charge >= 0.3 is 12.0 Å². The number of urea groups is 1. The Morgan fingerprint density at radius 2 is 1.77 bits per heavy atom. The summed E-state index contributed by atoms with van der Waals surface area (Å²) in [4.78, 5) is 35.0. The fraction of sp³-hybridized carbons (Fsp3) is 0.786. The number of hydrogen-bond acceptors (Lipinski definition) is 4. The molecule has 124 valence electrons. The van der Waals surface area contributed by atoms with Crippen LogP contribution in [0.15, 0.2) is 0 Å². The number of carbonyl (C=O) groups is 3. The van der Waals surface area contributed by atoms with Crippen molar-refractivity contribution in [2.45, 2.75) is 55.8 Å². The van der Waals surface area contributed by atoms with Crippen LogP contribution >= 0.6 is 23.2 Å². The number of rotatable bonds is 4. The predicted molar refractivity (Wildman–Crippen MR) is 81.7 cm³/mol. The molecule has 0 aliphatic heterocycles. The average Bonchev–Trinajstić information content (AvgIpc) is 2.97. The Morgan fingerprint density at radius 3 is 2.32 bits per heavy atom. The van der Waals surface area contributed by atoms with Crippen LogP contribution in [-0.2, 0) is 14.3 Å². The van der Waals surface area contributed by atoms with Gasteiger partial charge < -0.3 is 10.1 Å². The van der Waals surface area contributed by atoms with Gasteiger partial charge in [-0.05, 0) is 19.8 Å². The zero-order valence-electron chi connectivity index (χ0n) is 12.4. The van der Waals surface area contributed by atoms with Crippen LogP contribution in [0.2, 0.25) is 0 Å². The van der Waals surface area contributed by atoms with Crippen LogP contribution in [0, 0.1) is 5.41 Å². The third-order valence-electron chi connectivity index (χ3n) is 4.24. The molecule has 0 aromatic rings. The largest absolute Gasteiger partial charge is 0.455 e. The molecule has 0 radical (unpaired) electrons. The molecule has 3 amide bonds. The van der Waals surface area contributed by atoms with Crippen molar-refractivity contribution < 1.29 is 19.1 Å². The van der Waals surface area contributed by atoms with E-state index >= 15 is 0 Å². The minimum absolute atomic E-state index is 0.0996. The maximum Gasteiger partial charge on any atom is 0.321 e. The summed E-state index contributed by atoms with van der Waals surface area (Å²) in [5, 5.41) is 4.88. The molecule has 1 atom stereocenters. The van der Waals surface area contributed by atoms with E-state index in [9.17, 15) is 14.4 Å². The van der Waals surface area contributed by atoms with E-state index in [0.717, 1.165) is 25.7 Å². The number of nitrogens with one attached hydrogen (secondary N) is 2. The maximum atomic E-state index is 11.8. The Kier molecular flexibility index (Phi) is 5.22. The highest BCUT2D eigenvalue weighted by Crippen LogP contribution is 2.64. The Hall–Kier alpha value is -1.01. The quantitative estimate of drug-likeness (QED) is 0.601. The molecule has 6 nitrogen and oxygen atoms in total. The summed E-state index contributed by atoms with van der Waals surface area (Å²) >= 11 is 11.7. The Labute approximate surface area is 139 Å². The number of amides is 3. The maximum absolute atomic E-state index is 11.8. The third-order valence-corrected chi connectivity index (χ3v) is 5.34. The highest BCUT2D eigenvalue weighted by molar-refractivity contribution is 6.53. The number of halogens is 2. The summed E-state index contributed by atoms with van der Waals surface area (Å²) in [7, 11) is 0. The van der Waals surface area contributed by atoms with Crippen LogP contribution in [0.1, 0.15) is 45.4 Å². The standard InChI is InChI=1S/C14H20Cl2N2O4/c1-13(8-14(13,15)16)11(20)22-7-10(19)18-12(21)17-9-5-3-2-4-6-9/h9H,2-8H2,1H3,(H2,17,18,19,21)/t13-/m1/s1. The Morgan fingerprint density at radius 1 is 1.18 bits per heavy atom. The van der Waals surface area contributed by atoms with Gasteiger partial charge in [0.1, 0.15) is 9.75 Å². The van der Waals surface area contributed by atoms with E-state index in [1.165, 1.54) is 6.42 Å². The first-order valence-electron chi connectivity index (χ1n) is 7.40. The zero-order valence-corrected chi connectivity index (χ0v) is 13.9. The first-order valence-corrected chi connectivity index (χ1v) is 8.15. The highest BCUT2D eigenvalue weighted by atomic mass is 35.5. The second-order valence-corrected chi connectivity index (χ2v) is 7.63. The van der Waals surface area contributed by atoms with E-state index in [-0.39, 0.29) is 12.5 Å². The van der Waals surface area contributed by atoms with Crippen molar-refractivity contribution in [2.24, 2.45) is 5.41 Å². The van der Waals surface area contributed by atoms with Gasteiger partial charge in [-0.2, -0.15) is 0 Å². The van der Waals surface area contributed by atoms with Gasteiger partial charge in [0.15, 0.2) is 6.61 Å². The van der Waals surface area contributed by atoms with E-state index in [2.05, 4.69) is 10.6 Å². The summed E-state index contributed by atoms with van der Waals surface area (Å²) in [6.45, 7) is 1.04. The van der Waals surface area contributed by atoms with Gasteiger partial charge in [0.2, 0.25) is 0 Å². The molecule has 0 saturated heterocycles. The molecule has 0 spiro atoms. The summed E-state index contributed by atoms with van der Waals surface area (Å²) in [5.74, 6) is -1.32. The van der Waals surface area contributed by atoms with E-state index in [0.29, 0.717) is 0 Å². The third kappa shape index (κ3) is 4.04. The van der Waals surface area contributed by atoms with Gasteiger partial charge in [0.25, 0.3) is 5.91 Å². The van der Waals surface area contributed by atoms with Gasteiger partial charge in [-0.3, -0.25) is 14.9 Å². The number of carbonyl (C=O) groups excluding carboxylic acids is 3. The molecule has 2 N–H and O–H groups in total. The van der Waals surface area contributed by atoms with Crippen molar-refractivity contribution in [3.8, 4) is 0 Å². The van der Waals surface area contributed by atoms with Crippen molar-refractivity contribution in [3.63, 3.8) is 0 Å². The lowest BCUT2D eigenvalue weighted by atomic mass is 9.96. The molecule has 2 aliphatic rings. The number of alkyl halides is 2. The van der Waals surface area contributed by atoms with Gasteiger partial charge in [-0.1, -0.05) is 19.3 Å². The first kappa shape index (κ1) is 17.3. The molecule has 8 heteroatoms. The summed E-state index contributed by atoms with van der Waals surface area (Å²) < 4.78 is 3.72. The van der Waals surface area contributed by atoms with E-state index in [1.807, 2.05) is 0 Å². The predicted octanol–water partition coefficient (Wildman–Crippen LogP) is 2.27. The topological polar surface area (TPSA) is 84.5 Å². The average molecular weight is 351 g/mol.